The smallest absolute Gasteiger partial charge is 0.253 e. The number of unbranched alkanes of at least 4 members (excludes halogenated alkanes) is 2. The first-order chi connectivity index (χ1) is 31.5. The van der Waals surface area contributed by atoms with Crippen molar-refractivity contribution in [1.82, 2.24) is 20.0 Å². The summed E-state index contributed by atoms with van der Waals surface area (Å²) in [5.74, 6) is -2.86. The summed E-state index contributed by atoms with van der Waals surface area (Å²) in [7, 11) is 4.85. The van der Waals surface area contributed by atoms with Crippen molar-refractivity contribution in [2.24, 2.45) is 29.4 Å². The van der Waals surface area contributed by atoms with Gasteiger partial charge >= 0.3 is 0 Å². The van der Waals surface area contributed by atoms with E-state index >= 15 is 0 Å². The summed E-state index contributed by atoms with van der Waals surface area (Å²) in [6.45, 7) is 10.9. The molecule has 0 saturated carbocycles. The van der Waals surface area contributed by atoms with Crippen molar-refractivity contribution in [3.8, 4) is 0 Å². The van der Waals surface area contributed by atoms with E-state index in [0.29, 0.717) is 63.8 Å². The molecule has 6 amide bonds. The van der Waals surface area contributed by atoms with Crippen LogP contribution in [-0.4, -0.2) is 121 Å². The van der Waals surface area contributed by atoms with Gasteiger partial charge in [-0.05, 0) is 67.2 Å². The highest BCUT2D eigenvalue weighted by Gasteiger charge is 2.43. The molecule has 15 nitrogen and oxygen atoms in total. The maximum absolute atomic E-state index is 14.3. The second-order valence-corrected chi connectivity index (χ2v) is 18.4. The number of methoxy groups -OCH3 is 2. The molecule has 66 heavy (non-hydrogen) atoms. The average molecular weight is 915 g/mol. The Hall–Kier alpha value is -5.25. The molecule has 2 heterocycles. The molecule has 0 bridgehead atoms. The number of nitrogens with two attached hydrogens (primary N) is 1. The molecule has 2 aliphatic heterocycles. The Morgan fingerprint density at radius 1 is 0.864 bits per heavy atom. The first-order valence-electron chi connectivity index (χ1n) is 23.6. The molecule has 0 aromatic heterocycles. The summed E-state index contributed by atoms with van der Waals surface area (Å²) >= 11 is 0. The van der Waals surface area contributed by atoms with Gasteiger partial charge in [0.15, 0.2) is 0 Å². The predicted octanol–water partition coefficient (Wildman–Crippen LogP) is 5.45. The van der Waals surface area contributed by atoms with Crippen LogP contribution < -0.4 is 16.4 Å². The van der Waals surface area contributed by atoms with Gasteiger partial charge < -0.3 is 35.6 Å². The van der Waals surface area contributed by atoms with E-state index in [1.54, 1.807) is 43.2 Å². The molecule has 0 aliphatic carbocycles. The summed E-state index contributed by atoms with van der Waals surface area (Å²) in [6.07, 6.45) is 6.09. The molecule has 1 saturated heterocycles. The second kappa shape index (κ2) is 26.2. The highest BCUT2D eigenvalue weighted by Crippen LogP contribution is 2.31. The van der Waals surface area contributed by atoms with Crippen molar-refractivity contribution < 1.29 is 43.0 Å². The van der Waals surface area contributed by atoms with E-state index in [1.165, 1.54) is 17.1 Å². The Morgan fingerprint density at radius 3 is 2.14 bits per heavy atom. The van der Waals surface area contributed by atoms with Crippen molar-refractivity contribution in [2.45, 2.75) is 136 Å². The van der Waals surface area contributed by atoms with Crippen LogP contribution in [0.25, 0.3) is 0 Å². The number of carbonyl (C=O) groups is 7. The fourth-order valence-corrected chi connectivity index (χ4v) is 9.07. The van der Waals surface area contributed by atoms with E-state index < -0.39 is 30.1 Å². The highest BCUT2D eigenvalue weighted by molar-refractivity contribution is 6.12. The lowest BCUT2D eigenvalue weighted by molar-refractivity contribution is -0.146. The lowest BCUT2D eigenvalue weighted by Crippen LogP contribution is -2.56. The number of amides is 6. The second-order valence-electron chi connectivity index (χ2n) is 18.4. The molecular formula is C51H74N6O9. The fourth-order valence-electron chi connectivity index (χ4n) is 9.07. The van der Waals surface area contributed by atoms with Crippen molar-refractivity contribution >= 4 is 46.9 Å². The molecule has 362 valence electrons. The largest absolute Gasteiger partial charge is 0.379 e. The van der Waals surface area contributed by atoms with Crippen LogP contribution in [0.3, 0.4) is 0 Å². The molecule has 2 aromatic rings. The quantitative estimate of drug-likeness (QED) is 0.0766. The van der Waals surface area contributed by atoms with Crippen LogP contribution in [0.15, 0.2) is 66.7 Å². The molecule has 4 rings (SSSR count). The Labute approximate surface area is 391 Å². The van der Waals surface area contributed by atoms with Gasteiger partial charge in [-0.1, -0.05) is 89.9 Å². The van der Waals surface area contributed by atoms with Gasteiger partial charge in [-0.15, -0.1) is 0 Å². The minimum Gasteiger partial charge on any atom is -0.379 e. The molecule has 15 heteroatoms. The number of rotatable bonds is 27. The molecule has 1 fully saturated rings. The third-order valence-electron chi connectivity index (χ3n) is 13.4. The molecule has 0 spiro atoms. The average Bonchev–Trinajstić information content (AvgIpc) is 3.93. The molecule has 0 radical (unpaired) electrons. The Bertz CT molecular complexity index is 1960. The van der Waals surface area contributed by atoms with Gasteiger partial charge in [-0.2, -0.15) is 0 Å². The van der Waals surface area contributed by atoms with E-state index in [1.807, 2.05) is 77.1 Å². The summed E-state index contributed by atoms with van der Waals surface area (Å²) in [4.78, 5) is 96.4. The number of ketones is 1. The van der Waals surface area contributed by atoms with Gasteiger partial charge in [0.1, 0.15) is 5.78 Å². The Balaban J connectivity index is 1.36. The number of imide groups is 1. The van der Waals surface area contributed by atoms with Gasteiger partial charge in [-0.25, -0.2) is 0 Å². The number of anilines is 1. The Morgan fingerprint density at radius 2 is 1.53 bits per heavy atom. The SMILES string of the molecule is CC[C@H](C)[C@@H]([C@@H](CC(=O)N1CCC[C@H]1[C@H](OC)[C@@H](C)C(=O)C[C@@H](Cc1ccccc1)C(=O)Nc1ccc(CNC(=O)CCCCCN2C(=O)C=CC2=O)cc1)OC)N(C)C(=O)[C@@H](N)C(C)C. The van der Waals surface area contributed by atoms with Crippen molar-refractivity contribution in [3.63, 3.8) is 0 Å². The number of nitrogens with zero attached hydrogens (tertiary/aromatic N) is 3. The molecule has 2 aromatic carbocycles. The lowest BCUT2D eigenvalue weighted by Gasteiger charge is -2.40. The van der Waals surface area contributed by atoms with E-state index in [0.717, 1.165) is 24.0 Å². The lowest BCUT2D eigenvalue weighted by atomic mass is 9.85. The van der Waals surface area contributed by atoms with Crippen molar-refractivity contribution in [2.75, 3.05) is 39.7 Å². The number of Topliss-reactive ketones (excluding diaryl/α,β-unsaturated/α-hetero) is 1. The topological polar surface area (TPSA) is 198 Å². The molecule has 8 atom stereocenters. The molecular weight excluding hydrogens is 841 g/mol. The first-order valence-corrected chi connectivity index (χ1v) is 23.6. The van der Waals surface area contributed by atoms with E-state index in [9.17, 15) is 33.6 Å². The van der Waals surface area contributed by atoms with Crippen LogP contribution in [0.4, 0.5) is 5.69 Å². The number of hydrogen-bond donors (Lipinski definition) is 3. The van der Waals surface area contributed by atoms with Crippen molar-refractivity contribution in [3.05, 3.63) is 77.9 Å². The minimum absolute atomic E-state index is 0.0250. The van der Waals surface area contributed by atoms with Gasteiger partial charge in [0.25, 0.3) is 11.8 Å². The molecule has 0 unspecified atom stereocenters. The van der Waals surface area contributed by atoms with E-state index in [-0.39, 0.29) is 78.0 Å². The number of likely N-dealkylation sites (N-methyl/N-ethyl adjacent to an activating group) is 1. The van der Waals surface area contributed by atoms with Crippen LogP contribution in [-0.2, 0) is 56.0 Å². The zero-order chi connectivity index (χ0) is 48.5. The van der Waals surface area contributed by atoms with Crippen LogP contribution in [0.2, 0.25) is 0 Å². The third kappa shape index (κ3) is 14.9. The van der Waals surface area contributed by atoms with E-state index in [2.05, 4.69) is 10.6 Å². The summed E-state index contributed by atoms with van der Waals surface area (Å²) in [6, 6.07) is 15.3. The zero-order valence-corrected chi connectivity index (χ0v) is 40.3. The molecule has 4 N–H and O–H groups in total. The van der Waals surface area contributed by atoms with E-state index in [4.69, 9.17) is 15.2 Å². The maximum atomic E-state index is 14.3. The minimum atomic E-state index is -0.698. The van der Waals surface area contributed by atoms with Crippen LogP contribution in [0, 0.1) is 23.7 Å². The standard InChI is InChI=1S/C51H74N6O9/c1-9-34(4)48(55(6)51(64)47(52)33(2)3)42(65-7)31-46(62)56-28-16-19-40(56)49(66-8)35(5)41(58)30-38(29-36-17-12-10-13-18-36)50(63)54-39-23-21-37(22-24-39)32-53-43(59)20-14-11-15-27-57-44(60)25-26-45(57)61/h10,12-13,17-18,21-26,33-35,38,40,42,47-49H,9,11,14-16,19-20,27-32,52H2,1-8H3,(H,53,59)(H,54,63)/t34-,35-,38+,40-,42+,47-,48-,49+/m0/s1. The predicted molar refractivity (Wildman–Crippen MR) is 253 cm³/mol. The normalized spacial score (nSPS) is 18.1. The Kier molecular flexibility index (Phi) is 21.2. The highest BCUT2D eigenvalue weighted by atomic mass is 16.5. The summed E-state index contributed by atoms with van der Waals surface area (Å²) < 4.78 is 12.0. The number of benzene rings is 2. The number of ether oxygens (including phenoxy) is 2. The van der Waals surface area contributed by atoms with Crippen LogP contribution in [0.5, 0.6) is 0 Å². The number of likely N-dealkylation sites (tertiary alicyclic amines) is 1. The van der Waals surface area contributed by atoms with Gasteiger partial charge in [0.05, 0.1) is 36.8 Å². The number of hydrogen-bond acceptors (Lipinski definition) is 10. The molecule has 2 aliphatic rings. The van der Waals surface area contributed by atoms with Crippen LogP contribution in [0.1, 0.15) is 104 Å². The van der Waals surface area contributed by atoms with Crippen LogP contribution >= 0.6 is 0 Å². The maximum Gasteiger partial charge on any atom is 0.253 e. The fraction of sp³-hybridized carbons (Fsp3) is 0.588. The first kappa shape index (κ1) is 53.4. The monoisotopic (exact) mass is 915 g/mol. The summed E-state index contributed by atoms with van der Waals surface area (Å²) in [5.41, 5.74) is 8.59. The van der Waals surface area contributed by atoms with Gasteiger partial charge in [0, 0.05) is 83.4 Å². The van der Waals surface area contributed by atoms with Crippen molar-refractivity contribution in [1.29, 1.82) is 0 Å². The van der Waals surface area contributed by atoms with Gasteiger partial charge in [-0.3, -0.25) is 38.5 Å². The summed E-state index contributed by atoms with van der Waals surface area (Å²) in [5, 5.41) is 5.91. The third-order valence-corrected chi connectivity index (χ3v) is 13.4. The zero-order valence-electron chi connectivity index (χ0n) is 40.3. The number of nitrogens with one attached hydrogen (secondary N) is 2. The number of carbonyl (C=O) groups excluding carboxylic acids is 7. The van der Waals surface area contributed by atoms with Gasteiger partial charge in [0.2, 0.25) is 23.6 Å².